The molecular weight excluding hydrogens is 400 g/mol. The average molecular weight is 425 g/mol. The van der Waals surface area contributed by atoms with Gasteiger partial charge in [-0.05, 0) is 36.5 Å². The Hall–Kier alpha value is -2.06. The first kappa shape index (κ1) is 22.2. The summed E-state index contributed by atoms with van der Waals surface area (Å²) in [4.78, 5) is 41.2. The number of nitrogens with two attached hydrogens (primary N) is 1. The number of hydrogen-bond donors (Lipinski definition) is 2. The van der Waals surface area contributed by atoms with E-state index in [1.165, 1.54) is 0 Å². The van der Waals surface area contributed by atoms with Crippen LogP contribution in [0.2, 0.25) is 5.02 Å². The number of primary amides is 1. The van der Waals surface area contributed by atoms with E-state index in [9.17, 15) is 14.4 Å². The zero-order valence-corrected chi connectivity index (χ0v) is 17.9. The molecule has 3 amide bonds. The third-order valence-corrected chi connectivity index (χ3v) is 5.93. The monoisotopic (exact) mass is 424 g/mol. The van der Waals surface area contributed by atoms with Crippen LogP contribution in [0.1, 0.15) is 34.1 Å². The smallest absolute Gasteiger partial charge is 0.318 e. The second-order valence-corrected chi connectivity index (χ2v) is 8.88. The second-order valence-electron chi connectivity index (χ2n) is 7.33. The van der Waals surface area contributed by atoms with E-state index in [2.05, 4.69) is 24.1 Å². The third-order valence-electron chi connectivity index (χ3n) is 4.16. The molecule has 0 fully saturated rings. The summed E-state index contributed by atoms with van der Waals surface area (Å²) < 4.78 is 1.59. The number of amides is 3. The van der Waals surface area contributed by atoms with Crippen LogP contribution in [0.5, 0.6) is 0 Å². The van der Waals surface area contributed by atoms with Crippen LogP contribution in [0.25, 0.3) is 10.9 Å². The van der Waals surface area contributed by atoms with Crippen LogP contribution in [0.15, 0.2) is 28.2 Å². The predicted octanol–water partition coefficient (Wildman–Crippen LogP) is 3.41. The standard InChI is InChI=1S/C19H25ClN4O3S/c1-10(2)7-8-24-17(26)13-6-5-12(20)9-14(13)22-19(24)28-15(11(3)4)16(25)23-18(21)27/h5-6,9-11,15H,7-8H2,1-4H3,(H3,21,23,25,27)/t15-/m0/s1. The minimum absolute atomic E-state index is 0.116. The lowest BCUT2D eigenvalue weighted by Crippen LogP contribution is -2.42. The van der Waals surface area contributed by atoms with Gasteiger partial charge in [0.05, 0.1) is 16.2 Å². The number of halogens is 1. The van der Waals surface area contributed by atoms with E-state index in [0.717, 1.165) is 18.2 Å². The Kier molecular flexibility index (Phi) is 7.48. The molecule has 0 spiro atoms. The molecule has 1 aromatic carbocycles. The molecule has 3 N–H and O–H groups in total. The Balaban J connectivity index is 2.55. The molecule has 1 heterocycles. The zero-order valence-electron chi connectivity index (χ0n) is 16.4. The first-order valence-electron chi connectivity index (χ1n) is 9.07. The number of fused-ring (bicyclic) bond motifs is 1. The first-order chi connectivity index (χ1) is 13.1. The molecule has 0 aliphatic heterocycles. The van der Waals surface area contributed by atoms with Crippen LogP contribution >= 0.6 is 23.4 Å². The fourth-order valence-corrected chi connectivity index (χ4v) is 3.93. The molecule has 0 unspecified atom stereocenters. The fraction of sp³-hybridized carbons (Fsp3) is 0.474. The number of benzene rings is 1. The van der Waals surface area contributed by atoms with Crippen molar-refractivity contribution >= 4 is 46.2 Å². The van der Waals surface area contributed by atoms with E-state index < -0.39 is 17.2 Å². The number of nitrogens with zero attached hydrogens (tertiary/aromatic N) is 2. The van der Waals surface area contributed by atoms with Gasteiger partial charge in [0.1, 0.15) is 0 Å². The van der Waals surface area contributed by atoms with Crippen LogP contribution < -0.4 is 16.6 Å². The summed E-state index contributed by atoms with van der Waals surface area (Å²) >= 11 is 7.21. The van der Waals surface area contributed by atoms with Crippen molar-refractivity contribution < 1.29 is 9.59 Å². The minimum atomic E-state index is -0.910. The second kappa shape index (κ2) is 9.43. The topological polar surface area (TPSA) is 107 Å². The molecule has 0 radical (unpaired) electrons. The molecule has 2 aromatic rings. The van der Waals surface area contributed by atoms with Crippen molar-refractivity contribution in [3.05, 3.63) is 33.6 Å². The van der Waals surface area contributed by atoms with Crippen molar-refractivity contribution in [2.75, 3.05) is 0 Å². The van der Waals surface area contributed by atoms with Crippen LogP contribution in [0, 0.1) is 11.8 Å². The fourth-order valence-electron chi connectivity index (χ4n) is 2.65. The predicted molar refractivity (Wildman–Crippen MR) is 113 cm³/mol. The van der Waals surface area contributed by atoms with Gasteiger partial charge in [-0.25, -0.2) is 9.78 Å². The summed E-state index contributed by atoms with van der Waals surface area (Å²) in [6, 6.07) is 4.03. The lowest BCUT2D eigenvalue weighted by atomic mass is 10.1. The Morgan fingerprint density at radius 1 is 1.29 bits per heavy atom. The van der Waals surface area contributed by atoms with Crippen molar-refractivity contribution in [2.24, 2.45) is 17.6 Å². The normalized spacial score (nSPS) is 12.5. The molecule has 1 atom stereocenters. The van der Waals surface area contributed by atoms with E-state index in [4.69, 9.17) is 17.3 Å². The largest absolute Gasteiger partial charge is 0.351 e. The van der Waals surface area contributed by atoms with Crippen molar-refractivity contribution in [3.63, 3.8) is 0 Å². The van der Waals surface area contributed by atoms with Gasteiger partial charge in [0, 0.05) is 11.6 Å². The van der Waals surface area contributed by atoms with Gasteiger partial charge < -0.3 is 5.73 Å². The molecule has 0 saturated heterocycles. The maximum absolute atomic E-state index is 13.1. The van der Waals surface area contributed by atoms with E-state index in [-0.39, 0.29) is 11.5 Å². The number of carbonyl (C=O) groups is 2. The van der Waals surface area contributed by atoms with Gasteiger partial charge in [0.25, 0.3) is 5.56 Å². The molecule has 7 nitrogen and oxygen atoms in total. The van der Waals surface area contributed by atoms with Crippen LogP contribution in [0.4, 0.5) is 4.79 Å². The van der Waals surface area contributed by atoms with Gasteiger partial charge in [-0.2, -0.15) is 0 Å². The molecule has 9 heteroatoms. The van der Waals surface area contributed by atoms with Crippen molar-refractivity contribution in [2.45, 2.75) is 51.1 Å². The lowest BCUT2D eigenvalue weighted by Gasteiger charge is -2.21. The van der Waals surface area contributed by atoms with Crippen LogP contribution in [0.3, 0.4) is 0 Å². The minimum Gasteiger partial charge on any atom is -0.351 e. The average Bonchev–Trinajstić information content (AvgIpc) is 2.57. The Labute approximate surface area is 173 Å². The number of thioether (sulfide) groups is 1. The van der Waals surface area contributed by atoms with Gasteiger partial charge in [-0.1, -0.05) is 51.1 Å². The number of urea groups is 1. The number of aromatic nitrogens is 2. The molecule has 0 saturated carbocycles. The van der Waals surface area contributed by atoms with E-state index in [1.807, 2.05) is 13.8 Å². The molecule has 2 rings (SSSR count). The van der Waals surface area contributed by atoms with Gasteiger partial charge in [-0.3, -0.25) is 19.5 Å². The maximum Gasteiger partial charge on any atom is 0.318 e. The van der Waals surface area contributed by atoms with Gasteiger partial charge in [0.2, 0.25) is 5.91 Å². The van der Waals surface area contributed by atoms with Crippen molar-refractivity contribution in [1.29, 1.82) is 0 Å². The van der Waals surface area contributed by atoms with Gasteiger partial charge in [0.15, 0.2) is 5.16 Å². The molecule has 0 aliphatic carbocycles. The van der Waals surface area contributed by atoms with E-state index in [0.29, 0.717) is 33.5 Å². The molecular formula is C19H25ClN4O3S. The highest BCUT2D eigenvalue weighted by atomic mass is 35.5. The van der Waals surface area contributed by atoms with E-state index >= 15 is 0 Å². The van der Waals surface area contributed by atoms with Crippen molar-refractivity contribution in [3.8, 4) is 0 Å². The van der Waals surface area contributed by atoms with Gasteiger partial charge in [-0.15, -0.1) is 0 Å². The maximum atomic E-state index is 13.1. The molecule has 0 bridgehead atoms. The number of carbonyl (C=O) groups excluding carboxylic acids is 2. The SMILES string of the molecule is CC(C)CCn1c(S[C@H](C(=O)NC(N)=O)C(C)C)nc2cc(Cl)ccc2c1=O. The third kappa shape index (κ3) is 5.48. The molecule has 1 aromatic heterocycles. The Bertz CT molecular complexity index is 943. The summed E-state index contributed by atoms with van der Waals surface area (Å²) in [5.74, 6) is -0.233. The van der Waals surface area contributed by atoms with E-state index in [1.54, 1.807) is 22.8 Å². The highest BCUT2D eigenvalue weighted by molar-refractivity contribution is 8.00. The zero-order chi connectivity index (χ0) is 21.0. The summed E-state index contributed by atoms with van der Waals surface area (Å²) in [6.45, 7) is 8.33. The highest BCUT2D eigenvalue weighted by Crippen LogP contribution is 2.28. The number of nitrogens with one attached hydrogen (secondary N) is 1. The number of hydrogen-bond acceptors (Lipinski definition) is 5. The first-order valence-corrected chi connectivity index (χ1v) is 10.3. The van der Waals surface area contributed by atoms with Gasteiger partial charge >= 0.3 is 6.03 Å². The Morgan fingerprint density at radius 3 is 2.54 bits per heavy atom. The van der Waals surface area contributed by atoms with Crippen LogP contribution in [-0.4, -0.2) is 26.7 Å². The number of imide groups is 1. The Morgan fingerprint density at radius 2 is 1.96 bits per heavy atom. The van der Waals surface area contributed by atoms with Crippen molar-refractivity contribution in [1.82, 2.24) is 14.9 Å². The van der Waals surface area contributed by atoms with Crippen LogP contribution in [-0.2, 0) is 11.3 Å². The molecule has 0 aliphatic rings. The summed E-state index contributed by atoms with van der Waals surface area (Å²) in [6.07, 6.45) is 0.786. The highest BCUT2D eigenvalue weighted by Gasteiger charge is 2.27. The summed E-state index contributed by atoms with van der Waals surface area (Å²) in [5, 5.41) is 2.84. The summed E-state index contributed by atoms with van der Waals surface area (Å²) in [7, 11) is 0. The number of rotatable bonds is 7. The molecule has 28 heavy (non-hydrogen) atoms. The summed E-state index contributed by atoms with van der Waals surface area (Å²) in [5.41, 5.74) is 5.38. The molecule has 152 valence electrons. The quantitative estimate of drug-likeness (QED) is 0.523. The lowest BCUT2D eigenvalue weighted by molar-refractivity contribution is -0.120.